The Kier molecular flexibility index (Phi) is 35.3. The van der Waals surface area contributed by atoms with E-state index in [4.69, 9.17) is 11.5 Å². The Balaban J connectivity index is 1.49. The molecule has 0 radical (unpaired) electrons. The molecule has 20 N–H and O–H groups in total. The highest BCUT2D eigenvalue weighted by atomic mass is 33.1. The number of nitrogens with two attached hydrogens (primary N) is 2. The minimum atomic E-state index is -1.94. The van der Waals surface area contributed by atoms with Crippen LogP contribution in [0.15, 0.2) is 59.6 Å². The third kappa shape index (κ3) is 26.7. The first-order valence-corrected chi connectivity index (χ1v) is 39.6. The lowest BCUT2D eigenvalue weighted by Crippen LogP contribution is -2.62. The number of guanidine groups is 1. The van der Waals surface area contributed by atoms with Gasteiger partial charge in [0.1, 0.15) is 84.3 Å². The lowest BCUT2D eigenvalue weighted by atomic mass is 9.96. The number of hydrogen-bond acceptors (Lipinski definition) is 21. The lowest BCUT2D eigenvalue weighted by molar-refractivity contribution is -0.149. The topological polar surface area (TPSA) is 544 Å². The molecular formula is C72H108N18O18S2. The molecule has 0 unspecified atom stereocenters. The standard InChI is InChI=1S/C72H108N18O18S2/c1-9-38(5)56-68(105)85-50-35-109-110-36-51(66(103)88-58(41(8)92)69(106)78-40(7)59(96)83-49(34-91)64(101)87-57(39(6)10-2)71(108)90-28-16-21-53(90)70(107)89-27-15-20-52(89)67(104)86-56)84-61(98)45(19-14-26-75-72(73)74)80-62(99)46(29-37(3)4)81-63(100)48(30-42-17-12-11-13-18-42)79-55(95)33-76-54(94)32-77-60(97)47(82-65(50)102)31-43-22-24-44(93)25-23-43/h11-13,17-18,22-25,37-41,45-53,56-58,91-93H,9-10,14-16,19-21,26-36H2,1-8H3,(H,76,94)(H,77,97)(H,78,106)(H,79,95)(H,80,99)(H,81,100)(H,82,102)(H,83,96)(H,84,98)(H,85,105)(H,86,104)(H,87,101)(H,88,103)(H4,73,74,75)/t38-,39-,40-,41+,45-,46-,47-,48-,49-,50-,51-,52-,53-,56-,57-,58-/m0/s1. The van der Waals surface area contributed by atoms with Gasteiger partial charge in [-0.05, 0) is 99.8 Å². The van der Waals surface area contributed by atoms with Crippen molar-refractivity contribution in [3.63, 3.8) is 0 Å². The fraction of sp³-hybridized carbons (Fsp3) is 0.611. The largest absolute Gasteiger partial charge is 0.508 e. The number of amides is 15. The van der Waals surface area contributed by atoms with E-state index in [1.807, 2.05) is 0 Å². The van der Waals surface area contributed by atoms with Crippen LogP contribution in [0.3, 0.4) is 0 Å². The van der Waals surface area contributed by atoms with Crippen LogP contribution in [-0.2, 0) is 84.8 Å². The summed E-state index contributed by atoms with van der Waals surface area (Å²) in [6, 6.07) is -5.70. The predicted octanol–water partition coefficient (Wildman–Crippen LogP) is -4.28. The smallest absolute Gasteiger partial charge is 0.246 e. The number of nitrogens with zero attached hydrogens (tertiary/aromatic N) is 3. The molecule has 0 aliphatic carbocycles. The predicted molar refractivity (Wildman–Crippen MR) is 406 cm³/mol. The summed E-state index contributed by atoms with van der Waals surface area (Å²) in [5.74, 6) is -16.9. The Morgan fingerprint density at radius 3 is 1.60 bits per heavy atom. The molecule has 4 heterocycles. The summed E-state index contributed by atoms with van der Waals surface area (Å²) in [6.07, 6.45) is -0.895. The summed E-state index contributed by atoms with van der Waals surface area (Å²) in [5.41, 5.74) is 12.2. The number of carbonyl (C=O) groups excluding carboxylic acids is 15. The van der Waals surface area contributed by atoms with Crippen molar-refractivity contribution in [2.75, 3.05) is 50.8 Å². The second-order valence-electron chi connectivity index (χ2n) is 28.5. The molecule has 0 saturated carbocycles. The molecule has 0 spiro atoms. The number of phenols is 1. The molecule has 36 nitrogen and oxygen atoms in total. The molecule has 4 aliphatic heterocycles. The molecule has 2 aromatic rings. The normalized spacial score (nSPS) is 27.5. The van der Waals surface area contributed by atoms with E-state index in [1.165, 1.54) is 41.0 Å². The zero-order valence-electron chi connectivity index (χ0n) is 63.2. The van der Waals surface area contributed by atoms with E-state index in [-0.39, 0.29) is 88.6 Å². The molecule has 2 bridgehead atoms. The van der Waals surface area contributed by atoms with Crippen LogP contribution in [0.1, 0.15) is 124 Å². The van der Waals surface area contributed by atoms with Crippen LogP contribution in [0.4, 0.5) is 0 Å². The summed E-state index contributed by atoms with van der Waals surface area (Å²) < 4.78 is 0. The van der Waals surface area contributed by atoms with Gasteiger partial charge in [0, 0.05) is 44.0 Å². The van der Waals surface area contributed by atoms with Gasteiger partial charge in [-0.25, -0.2) is 0 Å². The van der Waals surface area contributed by atoms with Gasteiger partial charge in [-0.2, -0.15) is 0 Å². The highest BCUT2D eigenvalue weighted by Crippen LogP contribution is 2.29. The minimum absolute atomic E-state index is 0.00469. The molecular weight excluding hydrogens is 1470 g/mol. The van der Waals surface area contributed by atoms with E-state index in [0.717, 1.165) is 28.5 Å². The van der Waals surface area contributed by atoms with Crippen LogP contribution in [-0.4, -0.2) is 255 Å². The fourth-order valence-corrected chi connectivity index (χ4v) is 15.0. The number of carbonyl (C=O) groups is 15. The Bertz CT molecular complexity index is 3610. The first kappa shape index (κ1) is 89.1. The van der Waals surface area contributed by atoms with Gasteiger partial charge >= 0.3 is 0 Å². The maximum absolute atomic E-state index is 15.2. The third-order valence-corrected chi connectivity index (χ3v) is 21.8. The van der Waals surface area contributed by atoms with Gasteiger partial charge in [0.15, 0.2) is 5.96 Å². The number of fused-ring (bicyclic) bond motifs is 7. The summed E-state index contributed by atoms with van der Waals surface area (Å²) in [5, 5.41) is 65.5. The Morgan fingerprint density at radius 1 is 0.509 bits per heavy atom. The van der Waals surface area contributed by atoms with Gasteiger partial charge in [0.25, 0.3) is 0 Å². The molecule has 6 rings (SSSR count). The molecule has 16 atom stereocenters. The zero-order chi connectivity index (χ0) is 81.1. The molecule has 38 heteroatoms. The van der Waals surface area contributed by atoms with Gasteiger partial charge in [-0.3, -0.25) is 76.9 Å². The number of nitrogens with one attached hydrogen (secondary N) is 13. The minimum Gasteiger partial charge on any atom is -0.508 e. The van der Waals surface area contributed by atoms with Crippen LogP contribution in [0.2, 0.25) is 0 Å². The monoisotopic (exact) mass is 1580 g/mol. The lowest BCUT2D eigenvalue weighted by Gasteiger charge is -2.35. The second-order valence-corrected chi connectivity index (χ2v) is 31.0. The first-order chi connectivity index (χ1) is 52.2. The quantitative estimate of drug-likeness (QED) is 0.0327. The SMILES string of the molecule is CC[C@H](C)[C@@H]1NC(=O)[C@@H]2CCCN2C(=O)[C@@H]2CCCN2C(=O)[C@H]([C@@H](C)CC)NC(=O)[C@H](CO)NC(=O)[C@H](C)NC(=O)[C@H]([C@@H](C)O)NC(=O)[C@@H]2CSSC[C@H](NC1=O)C(=O)N[C@@H](Cc1ccc(O)cc1)C(=O)NCC(=O)NCC(=O)N[C@@H](Cc1ccccc1)C(=O)N[C@@H](CC(C)C)C(=O)N[C@@H](CCCN=C(N)N)C(=O)N2. The Labute approximate surface area is 646 Å². The number of benzene rings is 2. The van der Waals surface area contributed by atoms with E-state index in [1.54, 1.807) is 71.9 Å². The van der Waals surface area contributed by atoms with Crippen molar-refractivity contribution >= 4 is 116 Å². The fourth-order valence-electron chi connectivity index (χ4n) is 12.7. The van der Waals surface area contributed by atoms with E-state index in [9.17, 15) is 68.1 Å². The molecule has 4 aliphatic rings. The summed E-state index contributed by atoms with van der Waals surface area (Å²) in [4.78, 5) is 225. The van der Waals surface area contributed by atoms with Crippen LogP contribution >= 0.6 is 21.6 Å². The number of aliphatic hydroxyl groups excluding tert-OH is 2. The molecule has 0 aromatic heterocycles. The van der Waals surface area contributed by atoms with Crippen molar-refractivity contribution in [2.45, 2.75) is 211 Å². The van der Waals surface area contributed by atoms with Gasteiger partial charge < -0.3 is 106 Å². The van der Waals surface area contributed by atoms with E-state index in [0.29, 0.717) is 30.4 Å². The van der Waals surface area contributed by atoms with Crippen molar-refractivity contribution < 1.29 is 87.2 Å². The number of phenolic OH excluding ortho intramolecular Hbond substituents is 1. The van der Waals surface area contributed by atoms with Crippen molar-refractivity contribution in [3.8, 4) is 5.75 Å². The molecule has 4 fully saturated rings. The van der Waals surface area contributed by atoms with Gasteiger partial charge in [0.05, 0.1) is 25.8 Å². The Morgan fingerprint density at radius 2 is 1.00 bits per heavy atom. The number of hydrogen-bond donors (Lipinski definition) is 18. The maximum atomic E-state index is 15.2. The first-order valence-electron chi connectivity index (χ1n) is 37.1. The van der Waals surface area contributed by atoms with Crippen LogP contribution in [0, 0.1) is 17.8 Å². The number of rotatable bonds is 16. The van der Waals surface area contributed by atoms with E-state index >= 15 is 19.2 Å². The molecule has 606 valence electrons. The average molecular weight is 1580 g/mol. The molecule has 4 saturated heterocycles. The van der Waals surface area contributed by atoms with Crippen molar-refractivity contribution in [3.05, 3.63) is 65.7 Å². The average Bonchev–Trinajstić information content (AvgIpc) is 1.63. The van der Waals surface area contributed by atoms with Crippen molar-refractivity contribution in [1.82, 2.24) is 78.9 Å². The van der Waals surface area contributed by atoms with E-state index < -0.39 is 216 Å². The molecule has 15 amide bonds. The Hall–Kier alpha value is -9.82. The van der Waals surface area contributed by atoms with Crippen LogP contribution in [0.5, 0.6) is 5.75 Å². The molecule has 110 heavy (non-hydrogen) atoms. The maximum Gasteiger partial charge on any atom is 0.246 e. The third-order valence-electron chi connectivity index (χ3n) is 19.4. The second kappa shape index (κ2) is 43.5. The summed E-state index contributed by atoms with van der Waals surface area (Å²) >= 11 is 0. The summed E-state index contributed by atoms with van der Waals surface area (Å²) in [6.45, 7) is 10.2. The van der Waals surface area contributed by atoms with Crippen molar-refractivity contribution in [2.24, 2.45) is 34.2 Å². The van der Waals surface area contributed by atoms with Crippen LogP contribution < -0.4 is 80.6 Å². The molecule has 2 aromatic carbocycles. The number of aliphatic hydroxyl groups is 2. The van der Waals surface area contributed by atoms with Gasteiger partial charge in [-0.15, -0.1) is 0 Å². The zero-order valence-corrected chi connectivity index (χ0v) is 64.9. The summed E-state index contributed by atoms with van der Waals surface area (Å²) in [7, 11) is 1.65. The number of aliphatic imine (C=N–C) groups is 1. The van der Waals surface area contributed by atoms with Crippen LogP contribution in [0.25, 0.3) is 0 Å². The number of aromatic hydroxyl groups is 1. The van der Waals surface area contributed by atoms with Gasteiger partial charge in [-0.1, -0.05) is 118 Å². The highest BCUT2D eigenvalue weighted by molar-refractivity contribution is 8.76. The van der Waals surface area contributed by atoms with Gasteiger partial charge in [0.2, 0.25) is 88.6 Å². The van der Waals surface area contributed by atoms with Crippen molar-refractivity contribution in [1.29, 1.82) is 0 Å². The highest BCUT2D eigenvalue weighted by Gasteiger charge is 2.46. The van der Waals surface area contributed by atoms with E-state index in [2.05, 4.69) is 74.1 Å².